The van der Waals surface area contributed by atoms with Gasteiger partial charge in [0.05, 0.1) is 24.3 Å². The number of morpholine rings is 1. The molecule has 0 radical (unpaired) electrons. The molecule has 0 aromatic heterocycles. The summed E-state index contributed by atoms with van der Waals surface area (Å²) in [5.41, 5.74) is 1.05. The van der Waals surface area contributed by atoms with Gasteiger partial charge in [0.15, 0.2) is 0 Å². The monoisotopic (exact) mass is 342 g/mol. The fourth-order valence-electron chi connectivity index (χ4n) is 2.34. The minimum atomic E-state index is 0.237. The summed E-state index contributed by atoms with van der Waals surface area (Å²) < 4.78 is 12.1. The molecule has 1 aliphatic heterocycles. The van der Waals surface area contributed by atoms with E-state index in [0.29, 0.717) is 6.04 Å². The molecule has 0 amide bonds. The van der Waals surface area contributed by atoms with Crippen LogP contribution in [0.3, 0.4) is 0 Å². The zero-order valence-electron chi connectivity index (χ0n) is 12.4. The first kappa shape index (κ1) is 15.6. The zero-order valence-corrected chi connectivity index (χ0v) is 13.9. The maximum atomic E-state index is 5.82. The van der Waals surface area contributed by atoms with Gasteiger partial charge in [0.2, 0.25) is 0 Å². The summed E-state index contributed by atoms with van der Waals surface area (Å²) in [5, 5.41) is 3.42. The van der Waals surface area contributed by atoms with Gasteiger partial charge in [-0.3, -0.25) is 4.90 Å². The molecular weight excluding hydrogens is 320 g/mol. The van der Waals surface area contributed by atoms with Crippen LogP contribution in [0.4, 0.5) is 5.69 Å². The van der Waals surface area contributed by atoms with Crippen molar-refractivity contribution in [1.82, 2.24) is 4.90 Å². The molecule has 0 saturated carbocycles. The average Bonchev–Trinajstić information content (AvgIpc) is 2.46. The molecule has 1 saturated heterocycles. The number of hydrogen-bond acceptors (Lipinski definition) is 4. The number of methoxy groups -OCH3 is 1. The van der Waals surface area contributed by atoms with Crippen molar-refractivity contribution in [2.45, 2.75) is 26.0 Å². The fraction of sp³-hybridized carbons (Fsp3) is 0.600. The third-order valence-electron chi connectivity index (χ3n) is 3.59. The summed E-state index contributed by atoms with van der Waals surface area (Å²) in [4.78, 5) is 2.46. The maximum Gasteiger partial charge on any atom is 0.135 e. The van der Waals surface area contributed by atoms with Gasteiger partial charge in [-0.1, -0.05) is 0 Å². The van der Waals surface area contributed by atoms with Crippen molar-refractivity contribution in [3.05, 3.63) is 22.7 Å². The second-order valence-electron chi connectivity index (χ2n) is 5.31. The van der Waals surface area contributed by atoms with Crippen molar-refractivity contribution >= 4 is 21.6 Å². The minimum Gasteiger partial charge on any atom is -0.495 e. The molecule has 0 spiro atoms. The Balaban J connectivity index is 1.88. The number of nitrogens with zero attached hydrogens (tertiary/aromatic N) is 1. The van der Waals surface area contributed by atoms with E-state index in [2.05, 4.69) is 40.0 Å². The lowest BCUT2D eigenvalue weighted by Gasteiger charge is -2.35. The van der Waals surface area contributed by atoms with Crippen LogP contribution >= 0.6 is 15.9 Å². The van der Waals surface area contributed by atoms with Crippen LogP contribution in [0.1, 0.15) is 13.8 Å². The smallest absolute Gasteiger partial charge is 0.135 e. The van der Waals surface area contributed by atoms with Gasteiger partial charge >= 0.3 is 0 Å². The lowest BCUT2D eigenvalue weighted by molar-refractivity contribution is -0.0315. The SMILES string of the molecule is COc1cc(NCC2CN(C(C)C)CCO2)ccc1Br. The molecule has 20 heavy (non-hydrogen) atoms. The molecule has 2 rings (SSSR count). The number of nitrogens with one attached hydrogen (secondary N) is 1. The van der Waals surface area contributed by atoms with E-state index in [4.69, 9.17) is 9.47 Å². The van der Waals surface area contributed by atoms with Crippen LogP contribution in [0.2, 0.25) is 0 Å². The zero-order chi connectivity index (χ0) is 14.5. The van der Waals surface area contributed by atoms with Gasteiger partial charge in [0.25, 0.3) is 0 Å². The first-order valence-electron chi connectivity index (χ1n) is 7.03. The standard InChI is InChI=1S/C15H23BrN2O2/c1-11(2)18-6-7-20-13(10-18)9-17-12-4-5-14(16)15(8-12)19-3/h4-5,8,11,13,17H,6-7,9-10H2,1-3H3. The van der Waals surface area contributed by atoms with Crippen LogP contribution in [0.15, 0.2) is 22.7 Å². The Hall–Kier alpha value is -0.780. The van der Waals surface area contributed by atoms with Gasteiger partial charge in [-0.2, -0.15) is 0 Å². The predicted molar refractivity (Wildman–Crippen MR) is 85.6 cm³/mol. The maximum absolute atomic E-state index is 5.82. The highest BCUT2D eigenvalue weighted by Gasteiger charge is 2.21. The lowest BCUT2D eigenvalue weighted by atomic mass is 10.2. The molecule has 1 fully saturated rings. The van der Waals surface area contributed by atoms with Crippen molar-refractivity contribution in [1.29, 1.82) is 0 Å². The Bertz CT molecular complexity index is 440. The summed E-state index contributed by atoms with van der Waals surface area (Å²) in [6.07, 6.45) is 0.237. The molecule has 112 valence electrons. The lowest BCUT2D eigenvalue weighted by Crippen LogP contribution is -2.48. The number of halogens is 1. The second kappa shape index (κ2) is 7.29. The Morgan fingerprint density at radius 1 is 1.50 bits per heavy atom. The van der Waals surface area contributed by atoms with Gasteiger partial charge < -0.3 is 14.8 Å². The molecule has 1 aliphatic rings. The highest BCUT2D eigenvalue weighted by molar-refractivity contribution is 9.10. The quantitative estimate of drug-likeness (QED) is 0.891. The molecule has 0 aliphatic carbocycles. The molecule has 1 heterocycles. The van der Waals surface area contributed by atoms with Gasteiger partial charge in [0, 0.05) is 37.4 Å². The molecular formula is C15H23BrN2O2. The van der Waals surface area contributed by atoms with Crippen LogP contribution in [0, 0.1) is 0 Å². The highest BCUT2D eigenvalue weighted by Crippen LogP contribution is 2.27. The van der Waals surface area contributed by atoms with E-state index < -0.39 is 0 Å². The number of ether oxygens (including phenoxy) is 2. The van der Waals surface area contributed by atoms with Crippen molar-refractivity contribution in [3.63, 3.8) is 0 Å². The third-order valence-corrected chi connectivity index (χ3v) is 4.24. The van der Waals surface area contributed by atoms with E-state index in [1.807, 2.05) is 18.2 Å². The van der Waals surface area contributed by atoms with E-state index >= 15 is 0 Å². The Labute approximate surface area is 129 Å². The molecule has 1 aromatic rings. The van der Waals surface area contributed by atoms with Gasteiger partial charge in [-0.25, -0.2) is 0 Å². The van der Waals surface area contributed by atoms with Crippen LogP contribution in [0.5, 0.6) is 5.75 Å². The first-order chi connectivity index (χ1) is 9.60. The Kier molecular flexibility index (Phi) is 5.69. The largest absolute Gasteiger partial charge is 0.495 e. The molecule has 0 bridgehead atoms. The highest BCUT2D eigenvalue weighted by atomic mass is 79.9. The molecule has 1 atom stereocenters. The average molecular weight is 343 g/mol. The molecule has 4 nitrogen and oxygen atoms in total. The minimum absolute atomic E-state index is 0.237. The van der Waals surface area contributed by atoms with Crippen LogP contribution in [-0.4, -0.2) is 50.4 Å². The van der Waals surface area contributed by atoms with Crippen molar-refractivity contribution < 1.29 is 9.47 Å². The van der Waals surface area contributed by atoms with Gasteiger partial charge in [-0.05, 0) is 41.9 Å². The number of rotatable bonds is 5. The van der Waals surface area contributed by atoms with Crippen LogP contribution in [0.25, 0.3) is 0 Å². The summed E-state index contributed by atoms with van der Waals surface area (Å²) in [7, 11) is 1.68. The fourth-order valence-corrected chi connectivity index (χ4v) is 2.74. The number of hydrogen-bond donors (Lipinski definition) is 1. The van der Waals surface area contributed by atoms with Crippen molar-refractivity contribution in [3.8, 4) is 5.75 Å². The van der Waals surface area contributed by atoms with Crippen molar-refractivity contribution in [2.24, 2.45) is 0 Å². The molecule has 1 aromatic carbocycles. The van der Waals surface area contributed by atoms with E-state index in [9.17, 15) is 0 Å². The van der Waals surface area contributed by atoms with Gasteiger partial charge in [0.1, 0.15) is 5.75 Å². The number of benzene rings is 1. The molecule has 1 unspecified atom stereocenters. The predicted octanol–water partition coefficient (Wildman–Crippen LogP) is 2.98. The van der Waals surface area contributed by atoms with E-state index in [1.165, 1.54) is 0 Å². The summed E-state index contributed by atoms with van der Waals surface area (Å²) in [6, 6.07) is 6.60. The normalized spacial score (nSPS) is 20.1. The summed E-state index contributed by atoms with van der Waals surface area (Å²) in [5.74, 6) is 0.836. The van der Waals surface area contributed by atoms with Crippen molar-refractivity contribution in [2.75, 3.05) is 38.7 Å². The Morgan fingerprint density at radius 2 is 2.30 bits per heavy atom. The number of anilines is 1. The summed E-state index contributed by atoms with van der Waals surface area (Å²) >= 11 is 3.46. The van der Waals surface area contributed by atoms with Crippen LogP contribution < -0.4 is 10.1 Å². The van der Waals surface area contributed by atoms with E-state index in [1.54, 1.807) is 7.11 Å². The topological polar surface area (TPSA) is 33.7 Å². The first-order valence-corrected chi connectivity index (χ1v) is 7.82. The van der Waals surface area contributed by atoms with Gasteiger partial charge in [-0.15, -0.1) is 0 Å². The summed E-state index contributed by atoms with van der Waals surface area (Å²) in [6.45, 7) is 8.10. The third kappa shape index (κ3) is 4.11. The Morgan fingerprint density at radius 3 is 3.00 bits per heavy atom. The molecule has 1 N–H and O–H groups in total. The van der Waals surface area contributed by atoms with Crippen LogP contribution in [-0.2, 0) is 4.74 Å². The van der Waals surface area contributed by atoms with E-state index in [0.717, 1.165) is 42.2 Å². The second-order valence-corrected chi connectivity index (χ2v) is 6.17. The molecule has 5 heteroatoms. The van der Waals surface area contributed by atoms with E-state index in [-0.39, 0.29) is 6.10 Å².